The molecule has 0 bridgehead atoms. The van der Waals surface area contributed by atoms with Crippen LogP contribution in [0.15, 0.2) is 48.5 Å². The molecule has 0 atom stereocenters. The molecule has 0 radical (unpaired) electrons. The Balaban J connectivity index is 2.08. The number of nitrogens with zero attached hydrogens (tertiary/aromatic N) is 3. The second-order valence-corrected chi connectivity index (χ2v) is 5.15. The van der Waals surface area contributed by atoms with Gasteiger partial charge in [-0.1, -0.05) is 6.92 Å². The highest BCUT2D eigenvalue weighted by atomic mass is 16.5. The number of anilines is 1. The first-order valence-electron chi connectivity index (χ1n) is 7.63. The van der Waals surface area contributed by atoms with E-state index in [9.17, 15) is 0 Å². The molecule has 0 saturated heterocycles. The Bertz CT molecular complexity index is 776. The molecule has 0 aliphatic carbocycles. The Hall–Kier alpha value is -2.82. The van der Waals surface area contributed by atoms with Crippen molar-refractivity contribution in [1.29, 1.82) is 0 Å². The lowest BCUT2D eigenvalue weighted by Crippen LogP contribution is -2.02. The van der Waals surface area contributed by atoms with Crippen molar-refractivity contribution in [3.8, 4) is 22.8 Å². The van der Waals surface area contributed by atoms with Crippen LogP contribution >= 0.6 is 0 Å². The number of nitrogens with one attached hydrogen (secondary N) is 1. The average Bonchev–Trinajstić information content (AvgIpc) is 3.06. The van der Waals surface area contributed by atoms with Crippen molar-refractivity contribution in [2.75, 3.05) is 19.5 Å². The van der Waals surface area contributed by atoms with Crippen LogP contribution in [0.3, 0.4) is 0 Å². The molecular weight excluding hydrogens is 288 g/mol. The number of aromatic nitrogens is 3. The smallest absolute Gasteiger partial charge is 0.168 e. The van der Waals surface area contributed by atoms with Gasteiger partial charge in [0.1, 0.15) is 11.6 Å². The van der Waals surface area contributed by atoms with E-state index >= 15 is 0 Å². The Morgan fingerprint density at radius 1 is 1.00 bits per heavy atom. The van der Waals surface area contributed by atoms with E-state index in [1.165, 1.54) is 0 Å². The van der Waals surface area contributed by atoms with Crippen molar-refractivity contribution in [2.24, 2.45) is 0 Å². The van der Waals surface area contributed by atoms with Crippen LogP contribution in [0.25, 0.3) is 17.1 Å². The van der Waals surface area contributed by atoms with Crippen molar-refractivity contribution in [2.45, 2.75) is 13.3 Å². The molecular formula is C18H20N4O. The van der Waals surface area contributed by atoms with Crippen LogP contribution in [0.1, 0.15) is 12.7 Å². The highest BCUT2D eigenvalue weighted by Crippen LogP contribution is 2.25. The summed E-state index contributed by atoms with van der Waals surface area (Å²) in [7, 11) is 3.57. The van der Waals surface area contributed by atoms with Gasteiger partial charge in [0.2, 0.25) is 0 Å². The number of hydrogen-bond donors (Lipinski definition) is 1. The van der Waals surface area contributed by atoms with Crippen LogP contribution in [0.2, 0.25) is 0 Å². The predicted octanol–water partition coefficient (Wildman–Crippen LogP) is 3.55. The zero-order valence-corrected chi connectivity index (χ0v) is 13.6. The third-order valence-electron chi connectivity index (χ3n) is 3.81. The summed E-state index contributed by atoms with van der Waals surface area (Å²) in [6.45, 7) is 2.08. The molecule has 0 aliphatic rings. The van der Waals surface area contributed by atoms with Gasteiger partial charge < -0.3 is 10.1 Å². The lowest BCUT2D eigenvalue weighted by atomic mass is 10.2. The van der Waals surface area contributed by atoms with E-state index in [1.54, 1.807) is 7.11 Å². The molecule has 3 aromatic rings. The lowest BCUT2D eigenvalue weighted by Gasteiger charge is -2.11. The van der Waals surface area contributed by atoms with Crippen molar-refractivity contribution < 1.29 is 4.74 Å². The molecule has 3 rings (SSSR count). The van der Waals surface area contributed by atoms with Gasteiger partial charge in [0.15, 0.2) is 5.82 Å². The van der Waals surface area contributed by atoms with E-state index in [2.05, 4.69) is 39.1 Å². The molecule has 5 nitrogen and oxygen atoms in total. The predicted molar refractivity (Wildman–Crippen MR) is 92.3 cm³/mol. The van der Waals surface area contributed by atoms with E-state index in [0.717, 1.165) is 40.8 Å². The second-order valence-electron chi connectivity index (χ2n) is 5.15. The summed E-state index contributed by atoms with van der Waals surface area (Å²) in [6, 6.07) is 16.1. The maximum atomic E-state index is 5.24. The van der Waals surface area contributed by atoms with Gasteiger partial charge in [-0.05, 0) is 48.5 Å². The second kappa shape index (κ2) is 6.52. The van der Waals surface area contributed by atoms with Crippen molar-refractivity contribution in [1.82, 2.24) is 14.8 Å². The molecule has 118 valence electrons. The van der Waals surface area contributed by atoms with E-state index in [-0.39, 0.29) is 0 Å². The highest BCUT2D eigenvalue weighted by Gasteiger charge is 2.14. The third kappa shape index (κ3) is 2.90. The molecule has 1 N–H and O–H groups in total. The fourth-order valence-electron chi connectivity index (χ4n) is 2.52. The summed E-state index contributed by atoms with van der Waals surface area (Å²) in [5.74, 6) is 2.61. The van der Waals surface area contributed by atoms with Gasteiger partial charge in [-0.2, -0.15) is 0 Å². The van der Waals surface area contributed by atoms with Crippen LogP contribution in [-0.2, 0) is 6.42 Å². The maximum absolute atomic E-state index is 5.24. The minimum atomic E-state index is 0.813. The van der Waals surface area contributed by atoms with E-state index in [0.29, 0.717) is 0 Å². The van der Waals surface area contributed by atoms with Gasteiger partial charge in [0.25, 0.3) is 0 Å². The highest BCUT2D eigenvalue weighted by molar-refractivity contribution is 5.62. The quantitative estimate of drug-likeness (QED) is 0.783. The SMILES string of the molecule is CCc1nnc(-c2ccc(NC)cc2)n1-c1ccc(OC)cc1. The molecule has 1 heterocycles. The lowest BCUT2D eigenvalue weighted by molar-refractivity contribution is 0.414. The molecule has 0 aliphatic heterocycles. The van der Waals surface area contributed by atoms with Gasteiger partial charge in [-0.15, -0.1) is 10.2 Å². The fraction of sp³-hybridized carbons (Fsp3) is 0.222. The summed E-state index contributed by atoms with van der Waals surface area (Å²) in [6.07, 6.45) is 0.813. The Kier molecular flexibility index (Phi) is 4.28. The molecule has 0 unspecified atom stereocenters. The monoisotopic (exact) mass is 308 g/mol. The van der Waals surface area contributed by atoms with Crippen molar-refractivity contribution in [3.63, 3.8) is 0 Å². The number of methoxy groups -OCH3 is 1. The van der Waals surface area contributed by atoms with Crippen LogP contribution in [0, 0.1) is 0 Å². The molecule has 2 aromatic carbocycles. The third-order valence-corrected chi connectivity index (χ3v) is 3.81. The molecule has 23 heavy (non-hydrogen) atoms. The van der Waals surface area contributed by atoms with E-state index in [1.807, 2.05) is 43.4 Å². The fourth-order valence-corrected chi connectivity index (χ4v) is 2.52. The number of aryl methyl sites for hydroxylation is 1. The van der Waals surface area contributed by atoms with E-state index in [4.69, 9.17) is 4.74 Å². The Morgan fingerprint density at radius 3 is 2.26 bits per heavy atom. The van der Waals surface area contributed by atoms with Crippen molar-refractivity contribution in [3.05, 3.63) is 54.4 Å². The van der Waals surface area contributed by atoms with Gasteiger partial charge >= 0.3 is 0 Å². The van der Waals surface area contributed by atoms with Crippen molar-refractivity contribution >= 4 is 5.69 Å². The normalized spacial score (nSPS) is 10.6. The van der Waals surface area contributed by atoms with E-state index < -0.39 is 0 Å². The maximum Gasteiger partial charge on any atom is 0.168 e. The molecule has 0 amide bonds. The van der Waals surface area contributed by atoms with Crippen LogP contribution in [0.5, 0.6) is 5.75 Å². The summed E-state index contributed by atoms with van der Waals surface area (Å²) in [5.41, 5.74) is 3.13. The molecule has 0 spiro atoms. The largest absolute Gasteiger partial charge is 0.497 e. The summed E-state index contributed by atoms with van der Waals surface area (Å²) in [5, 5.41) is 11.9. The van der Waals surface area contributed by atoms with Gasteiger partial charge in [-0.3, -0.25) is 4.57 Å². The number of hydrogen-bond acceptors (Lipinski definition) is 4. The Labute approximate surface area is 135 Å². The van der Waals surface area contributed by atoms with Gasteiger partial charge in [0.05, 0.1) is 7.11 Å². The number of rotatable bonds is 5. The van der Waals surface area contributed by atoms with Crippen LogP contribution in [-0.4, -0.2) is 28.9 Å². The average molecular weight is 308 g/mol. The molecule has 0 fully saturated rings. The molecule has 1 aromatic heterocycles. The minimum absolute atomic E-state index is 0.813. The Morgan fingerprint density at radius 2 is 1.70 bits per heavy atom. The van der Waals surface area contributed by atoms with Crippen LogP contribution < -0.4 is 10.1 Å². The summed E-state index contributed by atoms with van der Waals surface area (Å²) in [4.78, 5) is 0. The van der Waals surface area contributed by atoms with Gasteiger partial charge in [-0.25, -0.2) is 0 Å². The minimum Gasteiger partial charge on any atom is -0.497 e. The first-order valence-corrected chi connectivity index (χ1v) is 7.63. The number of benzene rings is 2. The molecule has 0 saturated carbocycles. The van der Waals surface area contributed by atoms with Gasteiger partial charge in [0, 0.05) is 30.4 Å². The van der Waals surface area contributed by atoms with Crippen LogP contribution in [0.4, 0.5) is 5.69 Å². The first kappa shape index (κ1) is 15.1. The number of ether oxygens (including phenoxy) is 1. The zero-order chi connectivity index (χ0) is 16.2. The standard InChI is InChI=1S/C18H20N4O/c1-4-17-20-21-18(13-5-7-14(19-2)8-6-13)22(17)15-9-11-16(23-3)12-10-15/h5-12,19H,4H2,1-3H3. The topological polar surface area (TPSA) is 52.0 Å². The summed E-state index contributed by atoms with van der Waals surface area (Å²) >= 11 is 0. The zero-order valence-electron chi connectivity index (χ0n) is 13.6. The summed E-state index contributed by atoms with van der Waals surface area (Å²) < 4.78 is 7.33. The first-order chi connectivity index (χ1) is 11.3. The molecule has 5 heteroatoms.